The summed E-state index contributed by atoms with van der Waals surface area (Å²) in [6.07, 6.45) is 0. The van der Waals surface area contributed by atoms with Gasteiger partial charge in [0, 0.05) is 12.4 Å². The number of aromatic amines is 1. The van der Waals surface area contributed by atoms with E-state index in [9.17, 15) is 4.79 Å². The molecule has 94 valence electrons. The van der Waals surface area contributed by atoms with Crippen molar-refractivity contribution < 1.29 is 9.47 Å². The summed E-state index contributed by atoms with van der Waals surface area (Å²) in [6.45, 7) is 1.38. The smallest absolute Gasteiger partial charge is 0.257 e. The third-order valence-corrected chi connectivity index (χ3v) is 3.22. The zero-order valence-corrected chi connectivity index (χ0v) is 10.3. The van der Waals surface area contributed by atoms with Gasteiger partial charge >= 0.3 is 0 Å². The average Bonchev–Trinajstić information content (AvgIpc) is 2.40. The molecule has 18 heavy (non-hydrogen) atoms. The number of nitrogens with zero attached hydrogens (tertiary/aromatic N) is 1. The molecule has 1 aliphatic rings. The van der Waals surface area contributed by atoms with E-state index in [2.05, 4.69) is 4.98 Å². The molecule has 5 nitrogen and oxygen atoms in total. The van der Waals surface area contributed by atoms with E-state index in [1.807, 2.05) is 18.0 Å². The number of ether oxygens (including phenoxy) is 2. The number of rotatable bonds is 1. The zero-order valence-electron chi connectivity index (χ0n) is 10.3. The SMILES string of the molecule is COc1ccc2c(=O)[nH]c3c(c2c1)OCCN3C. The number of hydrogen-bond acceptors (Lipinski definition) is 4. The van der Waals surface area contributed by atoms with Crippen molar-refractivity contribution in [1.29, 1.82) is 0 Å². The van der Waals surface area contributed by atoms with Crippen LogP contribution in [0.1, 0.15) is 0 Å². The molecule has 0 amide bonds. The Kier molecular flexibility index (Phi) is 2.40. The van der Waals surface area contributed by atoms with Crippen molar-refractivity contribution in [3.8, 4) is 11.5 Å². The van der Waals surface area contributed by atoms with E-state index in [4.69, 9.17) is 9.47 Å². The number of nitrogens with one attached hydrogen (secondary N) is 1. The van der Waals surface area contributed by atoms with Crippen molar-refractivity contribution in [3.05, 3.63) is 28.6 Å². The molecule has 0 radical (unpaired) electrons. The highest BCUT2D eigenvalue weighted by Gasteiger charge is 2.20. The Morgan fingerprint density at radius 2 is 2.22 bits per heavy atom. The van der Waals surface area contributed by atoms with Crippen molar-refractivity contribution in [1.82, 2.24) is 4.98 Å². The Labute approximate surface area is 104 Å². The van der Waals surface area contributed by atoms with Crippen LogP contribution in [0.25, 0.3) is 10.8 Å². The first-order chi connectivity index (χ1) is 8.70. The summed E-state index contributed by atoms with van der Waals surface area (Å²) in [5.74, 6) is 2.16. The standard InChI is InChI=1S/C13H14N2O3/c1-15-5-6-18-11-10-7-8(17-2)3-4-9(10)13(16)14-12(11)15/h3-4,7H,5-6H2,1-2H3,(H,14,16). The van der Waals surface area contributed by atoms with Gasteiger partial charge in [0.25, 0.3) is 5.56 Å². The number of aromatic nitrogens is 1. The van der Waals surface area contributed by atoms with E-state index in [0.717, 1.165) is 23.5 Å². The maximum Gasteiger partial charge on any atom is 0.257 e. The second-order valence-electron chi connectivity index (χ2n) is 4.31. The molecule has 0 atom stereocenters. The number of H-pyrrole nitrogens is 1. The molecule has 2 aromatic rings. The normalized spacial score (nSPS) is 14.2. The fraction of sp³-hybridized carbons (Fsp3) is 0.308. The summed E-state index contributed by atoms with van der Waals surface area (Å²) < 4.78 is 10.9. The van der Waals surface area contributed by atoms with Crippen LogP contribution in [-0.4, -0.2) is 32.3 Å². The van der Waals surface area contributed by atoms with E-state index >= 15 is 0 Å². The van der Waals surface area contributed by atoms with E-state index < -0.39 is 0 Å². The maximum atomic E-state index is 12.0. The van der Waals surface area contributed by atoms with Crippen LogP contribution in [0.2, 0.25) is 0 Å². The Morgan fingerprint density at radius 3 is 3.00 bits per heavy atom. The topological polar surface area (TPSA) is 54.6 Å². The molecule has 2 heterocycles. The average molecular weight is 246 g/mol. The van der Waals surface area contributed by atoms with Crippen LogP contribution in [0.3, 0.4) is 0 Å². The van der Waals surface area contributed by atoms with Crippen LogP contribution in [-0.2, 0) is 0 Å². The van der Waals surface area contributed by atoms with Crippen LogP contribution < -0.4 is 19.9 Å². The van der Waals surface area contributed by atoms with Crippen LogP contribution in [0.5, 0.6) is 11.5 Å². The number of fused-ring (bicyclic) bond motifs is 3. The van der Waals surface area contributed by atoms with Gasteiger partial charge in [-0.3, -0.25) is 4.79 Å². The highest BCUT2D eigenvalue weighted by molar-refractivity contribution is 5.92. The zero-order chi connectivity index (χ0) is 12.7. The predicted molar refractivity (Wildman–Crippen MR) is 69.9 cm³/mol. The van der Waals surface area contributed by atoms with E-state index in [1.54, 1.807) is 19.2 Å². The second-order valence-corrected chi connectivity index (χ2v) is 4.31. The molecular weight excluding hydrogens is 232 g/mol. The van der Waals surface area contributed by atoms with E-state index in [0.29, 0.717) is 17.7 Å². The molecule has 1 aromatic carbocycles. The Bertz CT molecular complexity index is 663. The van der Waals surface area contributed by atoms with Gasteiger partial charge in [-0.2, -0.15) is 0 Å². The molecule has 0 aliphatic carbocycles. The first-order valence-electron chi connectivity index (χ1n) is 5.78. The maximum absolute atomic E-state index is 12.0. The largest absolute Gasteiger partial charge is 0.497 e. The Balaban J connectivity index is 2.38. The van der Waals surface area contributed by atoms with Crippen molar-refractivity contribution in [2.45, 2.75) is 0 Å². The minimum atomic E-state index is -0.108. The molecule has 0 saturated carbocycles. The van der Waals surface area contributed by atoms with Gasteiger partial charge in [-0.15, -0.1) is 0 Å². The van der Waals surface area contributed by atoms with Gasteiger partial charge in [0.05, 0.1) is 19.0 Å². The van der Waals surface area contributed by atoms with Gasteiger partial charge in [0.2, 0.25) is 0 Å². The third kappa shape index (κ3) is 1.51. The van der Waals surface area contributed by atoms with Crippen molar-refractivity contribution in [2.75, 3.05) is 32.2 Å². The minimum absolute atomic E-state index is 0.108. The lowest BCUT2D eigenvalue weighted by Crippen LogP contribution is -2.31. The van der Waals surface area contributed by atoms with Crippen LogP contribution in [0.15, 0.2) is 23.0 Å². The van der Waals surface area contributed by atoms with Crippen molar-refractivity contribution in [2.24, 2.45) is 0 Å². The third-order valence-electron chi connectivity index (χ3n) is 3.22. The Morgan fingerprint density at radius 1 is 1.39 bits per heavy atom. The van der Waals surface area contributed by atoms with Gasteiger partial charge in [0.1, 0.15) is 12.4 Å². The summed E-state index contributed by atoms with van der Waals surface area (Å²) in [7, 11) is 3.54. The van der Waals surface area contributed by atoms with Gasteiger partial charge in [-0.05, 0) is 18.2 Å². The first-order valence-corrected chi connectivity index (χ1v) is 5.78. The number of likely N-dealkylation sites (N-methyl/N-ethyl adjacent to an activating group) is 1. The summed E-state index contributed by atoms with van der Waals surface area (Å²) in [5.41, 5.74) is -0.108. The number of anilines is 1. The predicted octanol–water partition coefficient (Wildman–Crippen LogP) is 1.37. The highest BCUT2D eigenvalue weighted by Crippen LogP contribution is 2.35. The van der Waals surface area contributed by atoms with Crippen molar-refractivity contribution >= 4 is 16.6 Å². The molecule has 0 fully saturated rings. The number of pyridine rings is 1. The van der Waals surface area contributed by atoms with Crippen LogP contribution >= 0.6 is 0 Å². The lowest BCUT2D eigenvalue weighted by molar-refractivity contribution is 0.312. The molecule has 0 spiro atoms. The lowest BCUT2D eigenvalue weighted by atomic mass is 10.1. The van der Waals surface area contributed by atoms with Crippen molar-refractivity contribution in [3.63, 3.8) is 0 Å². The molecule has 1 N–H and O–H groups in total. The summed E-state index contributed by atoms with van der Waals surface area (Å²) in [6, 6.07) is 5.37. The molecule has 3 rings (SSSR count). The van der Waals surface area contributed by atoms with Crippen LogP contribution in [0.4, 0.5) is 5.82 Å². The monoisotopic (exact) mass is 246 g/mol. The van der Waals surface area contributed by atoms with Crippen LogP contribution in [0, 0.1) is 0 Å². The second kappa shape index (κ2) is 3.94. The summed E-state index contributed by atoms with van der Waals surface area (Å²) >= 11 is 0. The number of hydrogen-bond donors (Lipinski definition) is 1. The molecule has 5 heteroatoms. The molecular formula is C13H14N2O3. The van der Waals surface area contributed by atoms with Gasteiger partial charge in [0.15, 0.2) is 11.6 Å². The minimum Gasteiger partial charge on any atom is -0.497 e. The first kappa shape index (κ1) is 11.0. The van der Waals surface area contributed by atoms with E-state index in [-0.39, 0.29) is 5.56 Å². The molecule has 0 saturated heterocycles. The fourth-order valence-electron chi connectivity index (χ4n) is 2.21. The molecule has 1 aromatic heterocycles. The molecule has 0 unspecified atom stereocenters. The molecule has 0 bridgehead atoms. The fourth-order valence-corrected chi connectivity index (χ4v) is 2.21. The quantitative estimate of drug-likeness (QED) is 0.825. The summed E-state index contributed by atoms with van der Waals surface area (Å²) in [4.78, 5) is 16.9. The lowest BCUT2D eigenvalue weighted by Gasteiger charge is -2.27. The van der Waals surface area contributed by atoms with Gasteiger partial charge in [-0.1, -0.05) is 0 Å². The molecule has 1 aliphatic heterocycles. The highest BCUT2D eigenvalue weighted by atomic mass is 16.5. The van der Waals surface area contributed by atoms with Gasteiger partial charge in [-0.25, -0.2) is 0 Å². The Hall–Kier alpha value is -2.17. The number of methoxy groups -OCH3 is 1. The number of benzene rings is 1. The van der Waals surface area contributed by atoms with E-state index in [1.165, 1.54) is 0 Å². The van der Waals surface area contributed by atoms with Gasteiger partial charge < -0.3 is 19.4 Å². The summed E-state index contributed by atoms with van der Waals surface area (Å²) in [5, 5.41) is 1.41.